The number of hydrogen-bond acceptors (Lipinski definition) is 5. The third-order valence-electron chi connectivity index (χ3n) is 3.32. The number of carbonyl (C=O) groups is 1. The quantitative estimate of drug-likeness (QED) is 0.763. The maximum atomic E-state index is 12.5. The molecule has 0 bridgehead atoms. The van der Waals surface area contributed by atoms with Crippen LogP contribution in [0.2, 0.25) is 0 Å². The Bertz CT molecular complexity index is 637. The van der Waals surface area contributed by atoms with E-state index in [2.05, 4.69) is 5.10 Å². The molecule has 2 rings (SSSR count). The van der Waals surface area contributed by atoms with Crippen molar-refractivity contribution in [1.29, 1.82) is 0 Å². The summed E-state index contributed by atoms with van der Waals surface area (Å²) in [6.45, 7) is 3.00. The predicted octanol–water partition coefficient (Wildman–Crippen LogP) is -0.660. The predicted molar refractivity (Wildman–Crippen MR) is 68.7 cm³/mol. The lowest BCUT2D eigenvalue weighted by atomic mass is 10.3. The molecule has 1 aliphatic heterocycles. The molecule has 2 N–H and O–H groups in total. The first-order chi connectivity index (χ1) is 9.23. The van der Waals surface area contributed by atoms with Gasteiger partial charge in [-0.3, -0.25) is 9.48 Å². The van der Waals surface area contributed by atoms with E-state index in [9.17, 15) is 18.3 Å². The number of aliphatic hydroxyl groups excluding tert-OH is 1. The molecule has 1 aliphatic rings. The van der Waals surface area contributed by atoms with Crippen molar-refractivity contribution >= 4 is 16.0 Å². The summed E-state index contributed by atoms with van der Waals surface area (Å²) in [5.41, 5.74) is 0.566. The standard InChI is InChI=1S/C11H17N3O5S/c1-7-11(8(2)14(12-7)6-10(16)17)20(18,19)13-4-3-9(15)5-13/h9,15H,3-6H2,1-2H3,(H,16,17)/t9-/m1/s1. The fraction of sp³-hybridized carbons (Fsp3) is 0.636. The molecule has 1 saturated heterocycles. The number of β-amino-alcohol motifs (C(OH)–C–C–N with tert-alkyl or cyclic N) is 1. The topological polar surface area (TPSA) is 113 Å². The van der Waals surface area contributed by atoms with Crippen LogP contribution in [0.3, 0.4) is 0 Å². The Hall–Kier alpha value is -1.45. The molecule has 0 aromatic carbocycles. The van der Waals surface area contributed by atoms with Gasteiger partial charge in [0.1, 0.15) is 11.4 Å². The van der Waals surface area contributed by atoms with Gasteiger partial charge in [0, 0.05) is 13.1 Å². The maximum absolute atomic E-state index is 12.5. The SMILES string of the molecule is Cc1nn(CC(=O)O)c(C)c1S(=O)(=O)N1CC[C@@H](O)C1. The van der Waals surface area contributed by atoms with Crippen molar-refractivity contribution in [2.45, 2.75) is 37.8 Å². The summed E-state index contributed by atoms with van der Waals surface area (Å²) in [5, 5.41) is 22.2. The van der Waals surface area contributed by atoms with Crippen LogP contribution in [0.4, 0.5) is 0 Å². The molecule has 1 aromatic heterocycles. The molecule has 8 nitrogen and oxygen atoms in total. The zero-order valence-electron chi connectivity index (χ0n) is 11.3. The van der Waals surface area contributed by atoms with Crippen molar-refractivity contribution in [3.63, 3.8) is 0 Å². The van der Waals surface area contributed by atoms with Crippen LogP contribution < -0.4 is 0 Å². The number of nitrogens with zero attached hydrogens (tertiary/aromatic N) is 3. The Balaban J connectivity index is 2.42. The molecular formula is C11H17N3O5S. The molecular weight excluding hydrogens is 286 g/mol. The first kappa shape index (κ1) is 14.9. The van der Waals surface area contributed by atoms with Crippen LogP contribution in [0, 0.1) is 13.8 Å². The van der Waals surface area contributed by atoms with Gasteiger partial charge in [0.15, 0.2) is 0 Å². The third kappa shape index (κ3) is 2.56. The number of rotatable bonds is 4. The van der Waals surface area contributed by atoms with Crippen molar-refractivity contribution < 1.29 is 23.4 Å². The molecule has 0 spiro atoms. The fourth-order valence-corrected chi connectivity index (χ4v) is 4.26. The number of aliphatic carboxylic acids is 1. The average molecular weight is 303 g/mol. The highest BCUT2D eigenvalue weighted by Crippen LogP contribution is 2.26. The Morgan fingerprint density at radius 3 is 2.60 bits per heavy atom. The van der Waals surface area contributed by atoms with E-state index in [0.29, 0.717) is 12.1 Å². The number of aromatic nitrogens is 2. The average Bonchev–Trinajstić information content (AvgIpc) is 2.84. The molecule has 0 aliphatic carbocycles. The summed E-state index contributed by atoms with van der Waals surface area (Å²) in [7, 11) is -3.75. The molecule has 2 heterocycles. The van der Waals surface area contributed by atoms with E-state index in [1.165, 1.54) is 18.2 Å². The molecule has 0 saturated carbocycles. The van der Waals surface area contributed by atoms with E-state index in [0.717, 1.165) is 4.68 Å². The second kappa shape index (κ2) is 5.15. The highest BCUT2D eigenvalue weighted by atomic mass is 32.2. The highest BCUT2D eigenvalue weighted by Gasteiger charge is 2.35. The first-order valence-corrected chi connectivity index (χ1v) is 7.61. The number of aliphatic hydroxyl groups is 1. The highest BCUT2D eigenvalue weighted by molar-refractivity contribution is 7.89. The van der Waals surface area contributed by atoms with Gasteiger partial charge < -0.3 is 10.2 Å². The Morgan fingerprint density at radius 1 is 1.45 bits per heavy atom. The van der Waals surface area contributed by atoms with Gasteiger partial charge in [0.25, 0.3) is 0 Å². The Morgan fingerprint density at radius 2 is 2.10 bits per heavy atom. The van der Waals surface area contributed by atoms with Gasteiger partial charge in [0.05, 0.1) is 17.5 Å². The summed E-state index contributed by atoms with van der Waals surface area (Å²) in [6.07, 6.45) is -0.250. The van der Waals surface area contributed by atoms with E-state index in [1.807, 2.05) is 0 Å². The van der Waals surface area contributed by atoms with Gasteiger partial charge in [-0.15, -0.1) is 0 Å². The molecule has 1 atom stereocenters. The lowest BCUT2D eigenvalue weighted by molar-refractivity contribution is -0.137. The number of aryl methyl sites for hydroxylation is 1. The summed E-state index contributed by atoms with van der Waals surface area (Å²) in [6, 6.07) is 0. The first-order valence-electron chi connectivity index (χ1n) is 6.17. The lowest BCUT2D eigenvalue weighted by Gasteiger charge is -2.15. The smallest absolute Gasteiger partial charge is 0.325 e. The molecule has 0 amide bonds. The van der Waals surface area contributed by atoms with Crippen molar-refractivity contribution in [1.82, 2.24) is 14.1 Å². The monoisotopic (exact) mass is 303 g/mol. The summed E-state index contributed by atoms with van der Waals surface area (Å²) in [4.78, 5) is 10.8. The number of carboxylic acid groups (broad SMARTS) is 1. The molecule has 112 valence electrons. The van der Waals surface area contributed by atoms with Crippen molar-refractivity contribution in [3.05, 3.63) is 11.4 Å². The van der Waals surface area contributed by atoms with Crippen LogP contribution in [0.1, 0.15) is 17.8 Å². The van der Waals surface area contributed by atoms with Crippen molar-refractivity contribution in [2.24, 2.45) is 0 Å². The van der Waals surface area contributed by atoms with Gasteiger partial charge >= 0.3 is 5.97 Å². The summed E-state index contributed by atoms with van der Waals surface area (Å²) >= 11 is 0. The van der Waals surface area contributed by atoms with E-state index < -0.39 is 22.1 Å². The van der Waals surface area contributed by atoms with Crippen molar-refractivity contribution in [3.8, 4) is 0 Å². The molecule has 0 radical (unpaired) electrons. The summed E-state index contributed by atoms with van der Waals surface area (Å²) < 4.78 is 27.4. The van der Waals surface area contributed by atoms with Gasteiger partial charge in [-0.05, 0) is 20.3 Å². The van der Waals surface area contributed by atoms with E-state index in [4.69, 9.17) is 5.11 Å². The van der Waals surface area contributed by atoms with E-state index >= 15 is 0 Å². The van der Waals surface area contributed by atoms with Gasteiger partial charge in [0.2, 0.25) is 10.0 Å². The minimum atomic E-state index is -3.75. The summed E-state index contributed by atoms with van der Waals surface area (Å²) in [5.74, 6) is -1.09. The normalized spacial score (nSPS) is 20.4. The number of carboxylic acids is 1. The lowest BCUT2D eigenvalue weighted by Crippen LogP contribution is -2.30. The fourth-order valence-electron chi connectivity index (χ4n) is 2.39. The molecule has 1 aromatic rings. The molecule has 20 heavy (non-hydrogen) atoms. The number of hydrogen-bond donors (Lipinski definition) is 2. The van der Waals surface area contributed by atoms with E-state index in [-0.39, 0.29) is 30.2 Å². The van der Waals surface area contributed by atoms with Crippen LogP contribution in [0.25, 0.3) is 0 Å². The zero-order chi connectivity index (χ0) is 15.1. The minimum Gasteiger partial charge on any atom is -0.480 e. The van der Waals surface area contributed by atoms with Crippen LogP contribution in [-0.4, -0.2) is 57.9 Å². The Kier molecular flexibility index (Phi) is 3.85. The molecule has 1 fully saturated rings. The Labute approximate surface area is 116 Å². The second-order valence-corrected chi connectivity index (χ2v) is 6.73. The van der Waals surface area contributed by atoms with Crippen LogP contribution in [-0.2, 0) is 21.4 Å². The number of sulfonamides is 1. The van der Waals surface area contributed by atoms with E-state index in [1.54, 1.807) is 0 Å². The molecule has 9 heteroatoms. The van der Waals surface area contributed by atoms with Crippen LogP contribution in [0.5, 0.6) is 0 Å². The van der Waals surface area contributed by atoms with Crippen molar-refractivity contribution in [2.75, 3.05) is 13.1 Å². The minimum absolute atomic E-state index is 0.0350. The second-order valence-electron chi connectivity index (χ2n) is 4.86. The van der Waals surface area contributed by atoms with Gasteiger partial charge in [-0.25, -0.2) is 8.42 Å². The largest absolute Gasteiger partial charge is 0.480 e. The van der Waals surface area contributed by atoms with Crippen LogP contribution in [0.15, 0.2) is 4.90 Å². The third-order valence-corrected chi connectivity index (χ3v) is 5.44. The van der Waals surface area contributed by atoms with Crippen LogP contribution >= 0.6 is 0 Å². The van der Waals surface area contributed by atoms with Gasteiger partial charge in [-0.1, -0.05) is 0 Å². The van der Waals surface area contributed by atoms with Gasteiger partial charge in [-0.2, -0.15) is 9.40 Å². The zero-order valence-corrected chi connectivity index (χ0v) is 12.1. The molecule has 0 unspecified atom stereocenters. The maximum Gasteiger partial charge on any atom is 0.325 e.